The zero-order valence-electron chi connectivity index (χ0n) is 17.5. The van der Waals surface area contributed by atoms with Gasteiger partial charge in [0.15, 0.2) is 11.5 Å². The largest absolute Gasteiger partial charge is 0.486 e. The van der Waals surface area contributed by atoms with Gasteiger partial charge >= 0.3 is 6.03 Å². The molecule has 1 atom stereocenters. The molecule has 31 heavy (non-hydrogen) atoms. The van der Waals surface area contributed by atoms with Crippen LogP contribution in [0, 0.1) is 5.92 Å². The van der Waals surface area contributed by atoms with E-state index in [1.54, 1.807) is 24.3 Å². The van der Waals surface area contributed by atoms with E-state index in [1.165, 1.54) is 0 Å². The van der Waals surface area contributed by atoms with E-state index in [0.29, 0.717) is 30.3 Å². The standard InChI is InChI=1S/C23H25N3O5/c1-14(2)21(17-7-8-18-19(11-17)31-10-9-30-18)25-22(28)16-5-3-15(4-6-16)13-26-20(27)12-24-23(26)29/h3-8,11,14,21H,9-10,12-13H2,1-2H3,(H,24,29)(H,25,28). The molecule has 8 nitrogen and oxygen atoms in total. The van der Waals surface area contributed by atoms with Gasteiger partial charge in [0.1, 0.15) is 13.2 Å². The third kappa shape index (κ3) is 4.47. The maximum atomic E-state index is 12.9. The van der Waals surface area contributed by atoms with Crippen LogP contribution in [0.5, 0.6) is 11.5 Å². The summed E-state index contributed by atoms with van der Waals surface area (Å²) in [5.74, 6) is 1.10. The molecule has 162 valence electrons. The number of urea groups is 1. The molecule has 2 aliphatic rings. The minimum Gasteiger partial charge on any atom is -0.486 e. The summed E-state index contributed by atoms with van der Waals surface area (Å²) in [5.41, 5.74) is 2.22. The maximum absolute atomic E-state index is 12.9. The summed E-state index contributed by atoms with van der Waals surface area (Å²) in [7, 11) is 0. The number of nitrogens with zero attached hydrogens (tertiary/aromatic N) is 1. The number of benzene rings is 2. The zero-order chi connectivity index (χ0) is 22.0. The predicted molar refractivity (Wildman–Crippen MR) is 113 cm³/mol. The predicted octanol–water partition coefficient (Wildman–Crippen LogP) is 2.64. The normalized spacial score (nSPS) is 16.3. The Morgan fingerprint density at radius 1 is 1.06 bits per heavy atom. The molecule has 0 radical (unpaired) electrons. The average molecular weight is 423 g/mol. The van der Waals surface area contributed by atoms with Crippen molar-refractivity contribution in [3.05, 3.63) is 59.2 Å². The van der Waals surface area contributed by atoms with Crippen LogP contribution in [0.3, 0.4) is 0 Å². The Balaban J connectivity index is 1.45. The molecule has 0 aromatic heterocycles. The van der Waals surface area contributed by atoms with Crippen molar-refractivity contribution in [1.82, 2.24) is 15.5 Å². The molecule has 2 heterocycles. The van der Waals surface area contributed by atoms with Gasteiger partial charge in [0.2, 0.25) is 5.91 Å². The molecule has 0 bridgehead atoms. The van der Waals surface area contributed by atoms with Gasteiger partial charge in [-0.15, -0.1) is 0 Å². The number of carbonyl (C=O) groups is 3. The number of fused-ring (bicyclic) bond motifs is 1. The Hall–Kier alpha value is -3.55. The number of imide groups is 1. The lowest BCUT2D eigenvalue weighted by Crippen LogP contribution is -2.32. The van der Waals surface area contributed by atoms with E-state index in [4.69, 9.17) is 9.47 Å². The highest BCUT2D eigenvalue weighted by atomic mass is 16.6. The fourth-order valence-corrected chi connectivity index (χ4v) is 3.67. The topological polar surface area (TPSA) is 97.0 Å². The molecule has 2 aromatic rings. The minimum absolute atomic E-state index is 0.0236. The van der Waals surface area contributed by atoms with Crippen molar-refractivity contribution in [1.29, 1.82) is 0 Å². The third-order valence-electron chi connectivity index (χ3n) is 5.37. The molecule has 4 rings (SSSR count). The number of carbonyl (C=O) groups excluding carboxylic acids is 3. The van der Waals surface area contributed by atoms with Crippen molar-refractivity contribution >= 4 is 17.8 Å². The summed E-state index contributed by atoms with van der Waals surface area (Å²) in [5, 5.41) is 5.59. The highest BCUT2D eigenvalue weighted by Gasteiger charge is 2.28. The van der Waals surface area contributed by atoms with Gasteiger partial charge in [0.25, 0.3) is 5.91 Å². The number of hydrogen-bond donors (Lipinski definition) is 2. The summed E-state index contributed by atoms with van der Waals surface area (Å²) >= 11 is 0. The average Bonchev–Trinajstić information content (AvgIpc) is 3.09. The lowest BCUT2D eigenvalue weighted by molar-refractivity contribution is -0.125. The van der Waals surface area contributed by atoms with Crippen LogP contribution in [0.25, 0.3) is 0 Å². The summed E-state index contributed by atoms with van der Waals surface area (Å²) < 4.78 is 11.3. The highest BCUT2D eigenvalue weighted by Crippen LogP contribution is 2.34. The highest BCUT2D eigenvalue weighted by molar-refractivity contribution is 6.01. The molecule has 4 amide bonds. The Morgan fingerprint density at radius 2 is 1.77 bits per heavy atom. The van der Waals surface area contributed by atoms with E-state index in [0.717, 1.165) is 16.0 Å². The Kier molecular flexibility index (Phi) is 5.79. The van der Waals surface area contributed by atoms with Gasteiger partial charge < -0.3 is 20.1 Å². The third-order valence-corrected chi connectivity index (χ3v) is 5.37. The van der Waals surface area contributed by atoms with Gasteiger partial charge in [-0.1, -0.05) is 32.0 Å². The smallest absolute Gasteiger partial charge is 0.324 e. The van der Waals surface area contributed by atoms with Gasteiger partial charge in [-0.2, -0.15) is 0 Å². The second kappa shape index (κ2) is 8.67. The molecule has 0 aliphatic carbocycles. The minimum atomic E-state index is -0.397. The molecule has 1 saturated heterocycles. The first-order valence-electron chi connectivity index (χ1n) is 10.3. The molecular formula is C23H25N3O5. The Labute approximate surface area is 180 Å². The van der Waals surface area contributed by atoms with E-state index in [2.05, 4.69) is 10.6 Å². The number of hydrogen-bond acceptors (Lipinski definition) is 5. The second-order valence-electron chi connectivity index (χ2n) is 7.93. The van der Waals surface area contributed by atoms with Crippen molar-refractivity contribution in [3.8, 4) is 11.5 Å². The lowest BCUT2D eigenvalue weighted by Gasteiger charge is -2.25. The van der Waals surface area contributed by atoms with Crippen LogP contribution < -0.4 is 20.1 Å². The molecule has 2 N–H and O–H groups in total. The van der Waals surface area contributed by atoms with Crippen LogP contribution in [0.4, 0.5) is 4.79 Å². The summed E-state index contributed by atoms with van der Waals surface area (Å²) in [6, 6.07) is 12.0. The van der Waals surface area contributed by atoms with Gasteiger partial charge in [0, 0.05) is 5.56 Å². The molecule has 0 spiro atoms. The SMILES string of the molecule is CC(C)C(NC(=O)c1ccc(CN2C(=O)CNC2=O)cc1)c1ccc2c(c1)OCCO2. The summed E-state index contributed by atoms with van der Waals surface area (Å²) in [4.78, 5) is 37.5. The van der Waals surface area contributed by atoms with E-state index < -0.39 is 6.03 Å². The number of ether oxygens (including phenoxy) is 2. The zero-order valence-corrected chi connectivity index (χ0v) is 17.5. The van der Waals surface area contributed by atoms with Crippen LogP contribution in [0.2, 0.25) is 0 Å². The first-order chi connectivity index (χ1) is 14.9. The van der Waals surface area contributed by atoms with Crippen LogP contribution in [0.1, 0.15) is 41.4 Å². The van der Waals surface area contributed by atoms with E-state index in [1.807, 2.05) is 32.0 Å². The fourth-order valence-electron chi connectivity index (χ4n) is 3.67. The van der Waals surface area contributed by atoms with Crippen LogP contribution in [-0.2, 0) is 11.3 Å². The van der Waals surface area contributed by atoms with Crippen molar-refractivity contribution in [2.45, 2.75) is 26.4 Å². The Bertz CT molecular complexity index is 987. The molecule has 2 aliphatic heterocycles. The van der Waals surface area contributed by atoms with Gasteiger partial charge in [-0.05, 0) is 41.3 Å². The molecule has 2 aromatic carbocycles. The number of rotatable bonds is 6. The molecule has 8 heteroatoms. The van der Waals surface area contributed by atoms with Gasteiger partial charge in [-0.3, -0.25) is 14.5 Å². The maximum Gasteiger partial charge on any atom is 0.324 e. The van der Waals surface area contributed by atoms with Gasteiger partial charge in [-0.25, -0.2) is 4.79 Å². The van der Waals surface area contributed by atoms with Gasteiger partial charge in [0.05, 0.1) is 19.1 Å². The molecule has 0 saturated carbocycles. The van der Waals surface area contributed by atoms with E-state index >= 15 is 0 Å². The summed E-state index contributed by atoms with van der Waals surface area (Å²) in [6.45, 7) is 5.33. The fraction of sp³-hybridized carbons (Fsp3) is 0.348. The molecule has 1 unspecified atom stereocenters. The molecular weight excluding hydrogens is 398 g/mol. The van der Waals surface area contributed by atoms with E-state index in [9.17, 15) is 14.4 Å². The van der Waals surface area contributed by atoms with E-state index in [-0.39, 0.29) is 36.9 Å². The number of nitrogens with one attached hydrogen (secondary N) is 2. The first kappa shape index (κ1) is 20.7. The van der Waals surface area contributed by atoms with Crippen molar-refractivity contribution < 1.29 is 23.9 Å². The Morgan fingerprint density at radius 3 is 2.42 bits per heavy atom. The van der Waals surface area contributed by atoms with Crippen molar-refractivity contribution in [3.63, 3.8) is 0 Å². The van der Waals surface area contributed by atoms with Crippen LogP contribution in [0.15, 0.2) is 42.5 Å². The van der Waals surface area contributed by atoms with Crippen LogP contribution in [-0.4, -0.2) is 42.5 Å². The lowest BCUT2D eigenvalue weighted by atomic mass is 9.95. The quantitative estimate of drug-likeness (QED) is 0.697. The monoisotopic (exact) mass is 423 g/mol. The summed E-state index contributed by atoms with van der Waals surface area (Å²) in [6.07, 6.45) is 0. The van der Waals surface area contributed by atoms with Crippen molar-refractivity contribution in [2.24, 2.45) is 5.92 Å². The van der Waals surface area contributed by atoms with Crippen molar-refractivity contribution in [2.75, 3.05) is 19.8 Å². The molecule has 1 fully saturated rings. The van der Waals surface area contributed by atoms with Crippen LogP contribution >= 0.6 is 0 Å². The number of amides is 4. The first-order valence-corrected chi connectivity index (χ1v) is 10.3. The second-order valence-corrected chi connectivity index (χ2v) is 7.93.